The highest BCUT2D eigenvalue weighted by Gasteiger charge is 2.29. The third kappa shape index (κ3) is 3.59. The number of amides is 1. The summed E-state index contributed by atoms with van der Waals surface area (Å²) in [6, 6.07) is 16.4. The molecule has 0 saturated heterocycles. The van der Waals surface area contributed by atoms with Gasteiger partial charge in [-0.2, -0.15) is 5.10 Å². The third-order valence-corrected chi connectivity index (χ3v) is 7.28. The van der Waals surface area contributed by atoms with Gasteiger partial charge in [-0.1, -0.05) is 12.1 Å². The maximum atomic E-state index is 12.2. The Bertz CT molecular complexity index is 1710. The van der Waals surface area contributed by atoms with E-state index in [2.05, 4.69) is 54.0 Å². The van der Waals surface area contributed by atoms with Gasteiger partial charge < -0.3 is 10.3 Å². The largest absolute Gasteiger partial charge is 0.353 e. The Hall–Kier alpha value is -4.30. The summed E-state index contributed by atoms with van der Waals surface area (Å²) in [7, 11) is 0. The Morgan fingerprint density at radius 1 is 0.971 bits per heavy atom. The fourth-order valence-electron chi connectivity index (χ4n) is 4.45. The molecule has 5 heterocycles. The van der Waals surface area contributed by atoms with Gasteiger partial charge in [-0.3, -0.25) is 19.9 Å². The second-order valence-corrected chi connectivity index (χ2v) is 9.79. The molecule has 170 valence electrons. The smallest absolute Gasteiger partial charge is 0.227 e. The molecule has 1 aliphatic carbocycles. The number of pyridine rings is 2. The number of anilines is 1. The Labute approximate surface area is 204 Å². The molecule has 1 aromatic carbocycles. The van der Waals surface area contributed by atoms with Crippen LogP contribution in [0.4, 0.5) is 5.69 Å². The molecule has 5 aromatic heterocycles. The van der Waals surface area contributed by atoms with Crippen LogP contribution in [0.5, 0.6) is 0 Å². The number of hydrogen-bond donors (Lipinski definition) is 3. The molecular formula is C27H20N6OS. The first-order valence-corrected chi connectivity index (χ1v) is 12.4. The molecule has 3 N–H and O–H groups in total. The van der Waals surface area contributed by atoms with E-state index in [0.29, 0.717) is 0 Å². The maximum Gasteiger partial charge on any atom is 0.227 e. The van der Waals surface area contributed by atoms with E-state index in [0.717, 1.165) is 73.4 Å². The van der Waals surface area contributed by atoms with Crippen LogP contribution in [0.3, 0.4) is 0 Å². The van der Waals surface area contributed by atoms with Gasteiger partial charge in [0.2, 0.25) is 5.91 Å². The topological polar surface area (TPSA) is 99.3 Å². The van der Waals surface area contributed by atoms with Crippen LogP contribution in [0.2, 0.25) is 0 Å². The van der Waals surface area contributed by atoms with Crippen LogP contribution in [-0.4, -0.2) is 31.1 Å². The minimum Gasteiger partial charge on any atom is -0.353 e. The Morgan fingerprint density at radius 2 is 1.89 bits per heavy atom. The van der Waals surface area contributed by atoms with Crippen molar-refractivity contribution in [2.45, 2.75) is 12.8 Å². The van der Waals surface area contributed by atoms with Crippen LogP contribution in [0.15, 0.2) is 72.5 Å². The minimum atomic E-state index is 0.0757. The molecule has 1 amide bonds. The number of aromatic nitrogens is 5. The summed E-state index contributed by atoms with van der Waals surface area (Å²) < 4.78 is 0. The number of nitrogens with one attached hydrogen (secondary N) is 3. The lowest BCUT2D eigenvalue weighted by molar-refractivity contribution is -0.117. The summed E-state index contributed by atoms with van der Waals surface area (Å²) in [4.78, 5) is 25.8. The van der Waals surface area contributed by atoms with E-state index in [1.165, 1.54) is 0 Å². The van der Waals surface area contributed by atoms with E-state index >= 15 is 0 Å². The monoisotopic (exact) mass is 476 g/mol. The quantitative estimate of drug-likeness (QED) is 0.274. The number of fused-ring (bicyclic) bond motifs is 2. The lowest BCUT2D eigenvalue weighted by Gasteiger charge is -2.07. The SMILES string of the molecule is O=C(Nc1cncc(-c2ccc3[nH]nc(-c4cc5c(-c6cccs6)nccc5[nH]4)c3c2)c1)C1CC1. The van der Waals surface area contributed by atoms with Crippen molar-refractivity contribution in [3.63, 3.8) is 0 Å². The predicted octanol–water partition coefficient (Wildman–Crippen LogP) is 6.25. The van der Waals surface area contributed by atoms with Crippen LogP contribution < -0.4 is 5.32 Å². The molecule has 0 atom stereocenters. The zero-order valence-electron chi connectivity index (χ0n) is 18.6. The fraction of sp³-hybridized carbons (Fsp3) is 0.111. The summed E-state index contributed by atoms with van der Waals surface area (Å²) in [5, 5.41) is 14.9. The molecule has 0 spiro atoms. The van der Waals surface area contributed by atoms with Gasteiger partial charge in [0.05, 0.1) is 33.7 Å². The second kappa shape index (κ2) is 7.89. The summed E-state index contributed by atoms with van der Waals surface area (Å²) >= 11 is 1.68. The summed E-state index contributed by atoms with van der Waals surface area (Å²) in [6.45, 7) is 0. The van der Waals surface area contributed by atoms with Gasteiger partial charge in [0.15, 0.2) is 0 Å². The van der Waals surface area contributed by atoms with Crippen molar-refractivity contribution in [2.24, 2.45) is 5.92 Å². The zero-order chi connectivity index (χ0) is 23.4. The average molecular weight is 477 g/mol. The third-order valence-electron chi connectivity index (χ3n) is 6.41. The fourth-order valence-corrected chi connectivity index (χ4v) is 5.18. The van der Waals surface area contributed by atoms with E-state index in [1.807, 2.05) is 42.7 Å². The number of carbonyl (C=O) groups is 1. The van der Waals surface area contributed by atoms with Crippen molar-refractivity contribution < 1.29 is 4.79 Å². The normalized spacial score (nSPS) is 13.5. The van der Waals surface area contributed by atoms with E-state index in [4.69, 9.17) is 0 Å². The number of H-pyrrole nitrogens is 2. The molecule has 1 saturated carbocycles. The van der Waals surface area contributed by atoms with Crippen molar-refractivity contribution in [1.82, 2.24) is 25.1 Å². The number of carbonyl (C=O) groups excluding carboxylic acids is 1. The van der Waals surface area contributed by atoms with E-state index in [9.17, 15) is 4.79 Å². The standard InChI is InChI=1S/C27H20N6OS/c34-27(15-3-4-15)30-18-10-17(13-28-14-18)16-5-6-22-19(11-16)25(33-32-22)23-12-20-21(31-23)7-8-29-26(20)24-2-1-9-35-24/h1-2,5-15,31H,3-4H2,(H,30,34)(H,32,33). The second-order valence-electron chi connectivity index (χ2n) is 8.84. The van der Waals surface area contributed by atoms with Gasteiger partial charge in [0.1, 0.15) is 5.69 Å². The molecule has 7 rings (SSSR count). The number of benzene rings is 1. The van der Waals surface area contributed by atoms with Gasteiger partial charge in [-0.15, -0.1) is 11.3 Å². The highest BCUT2D eigenvalue weighted by atomic mass is 32.1. The van der Waals surface area contributed by atoms with Crippen LogP contribution in [0, 0.1) is 5.92 Å². The number of hydrogen-bond acceptors (Lipinski definition) is 5. The molecule has 0 unspecified atom stereocenters. The average Bonchev–Trinajstić information content (AvgIpc) is 3.26. The Balaban J connectivity index is 1.29. The molecule has 8 heteroatoms. The Morgan fingerprint density at radius 3 is 2.74 bits per heavy atom. The van der Waals surface area contributed by atoms with Gasteiger partial charge in [-0.25, -0.2) is 0 Å². The Kier molecular flexibility index (Phi) is 4.53. The van der Waals surface area contributed by atoms with Crippen LogP contribution in [0.25, 0.3) is 54.9 Å². The zero-order valence-corrected chi connectivity index (χ0v) is 19.4. The summed E-state index contributed by atoms with van der Waals surface area (Å²) in [5.41, 5.74) is 7.38. The molecule has 0 bridgehead atoms. The van der Waals surface area contributed by atoms with Gasteiger partial charge >= 0.3 is 0 Å². The van der Waals surface area contributed by atoms with E-state index in [1.54, 1.807) is 17.5 Å². The summed E-state index contributed by atoms with van der Waals surface area (Å²) in [6.07, 6.45) is 7.28. The van der Waals surface area contributed by atoms with Crippen LogP contribution in [-0.2, 0) is 4.79 Å². The van der Waals surface area contributed by atoms with Crippen molar-refractivity contribution in [1.29, 1.82) is 0 Å². The van der Waals surface area contributed by atoms with Crippen molar-refractivity contribution in [3.8, 4) is 33.1 Å². The summed E-state index contributed by atoms with van der Waals surface area (Å²) in [5.74, 6) is 0.224. The first kappa shape index (κ1) is 20.1. The first-order chi connectivity index (χ1) is 17.2. The predicted molar refractivity (Wildman–Crippen MR) is 139 cm³/mol. The van der Waals surface area contributed by atoms with Gasteiger partial charge in [0.25, 0.3) is 0 Å². The van der Waals surface area contributed by atoms with Gasteiger partial charge in [0, 0.05) is 40.2 Å². The van der Waals surface area contributed by atoms with Crippen molar-refractivity contribution >= 4 is 44.7 Å². The lowest BCUT2D eigenvalue weighted by atomic mass is 10.0. The number of rotatable bonds is 5. The molecule has 6 aromatic rings. The van der Waals surface area contributed by atoms with E-state index in [-0.39, 0.29) is 11.8 Å². The minimum absolute atomic E-state index is 0.0757. The highest BCUT2D eigenvalue weighted by Crippen LogP contribution is 2.36. The molecule has 35 heavy (non-hydrogen) atoms. The molecule has 7 nitrogen and oxygen atoms in total. The van der Waals surface area contributed by atoms with E-state index < -0.39 is 0 Å². The molecule has 0 aliphatic heterocycles. The molecular weight excluding hydrogens is 456 g/mol. The van der Waals surface area contributed by atoms with Crippen molar-refractivity contribution in [2.75, 3.05) is 5.32 Å². The number of nitrogens with zero attached hydrogens (tertiary/aromatic N) is 3. The van der Waals surface area contributed by atoms with Gasteiger partial charge in [-0.05, 0) is 60.2 Å². The molecule has 1 aliphatic rings. The highest BCUT2D eigenvalue weighted by molar-refractivity contribution is 7.13. The number of aromatic amines is 2. The molecule has 1 fully saturated rings. The maximum absolute atomic E-state index is 12.2. The first-order valence-electron chi connectivity index (χ1n) is 11.5. The van der Waals surface area contributed by atoms with Crippen LogP contribution in [0.1, 0.15) is 12.8 Å². The molecule has 0 radical (unpaired) electrons. The lowest BCUT2D eigenvalue weighted by Crippen LogP contribution is -2.13. The van der Waals surface area contributed by atoms with Crippen molar-refractivity contribution in [3.05, 3.63) is 72.5 Å². The number of thiophene rings is 1. The van der Waals surface area contributed by atoms with Crippen LogP contribution >= 0.6 is 11.3 Å².